The zero-order valence-corrected chi connectivity index (χ0v) is 13.3. The molecule has 6 heteroatoms. The van der Waals surface area contributed by atoms with Gasteiger partial charge in [-0.15, -0.1) is 0 Å². The SMILES string of the molecule is COc1ccc([C@H]2NC(=O)c3cccc4c3N2CC[C@@H]4N)cc1F. The summed E-state index contributed by atoms with van der Waals surface area (Å²) in [5.74, 6) is -0.432. The van der Waals surface area contributed by atoms with Gasteiger partial charge in [0.1, 0.15) is 6.17 Å². The van der Waals surface area contributed by atoms with Gasteiger partial charge in [-0.2, -0.15) is 0 Å². The topological polar surface area (TPSA) is 67.6 Å². The first-order valence-electron chi connectivity index (χ1n) is 7.89. The van der Waals surface area contributed by atoms with E-state index in [1.54, 1.807) is 18.2 Å². The molecule has 2 aliphatic heterocycles. The second-order valence-electron chi connectivity index (χ2n) is 6.10. The molecule has 5 nitrogen and oxygen atoms in total. The maximum atomic E-state index is 14.1. The Morgan fingerprint density at radius 2 is 2.17 bits per heavy atom. The average molecular weight is 327 g/mol. The number of carbonyl (C=O) groups excluding carboxylic acids is 1. The van der Waals surface area contributed by atoms with Gasteiger partial charge in [0.2, 0.25) is 0 Å². The third-order valence-corrected chi connectivity index (χ3v) is 4.75. The lowest BCUT2D eigenvalue weighted by molar-refractivity contribution is 0.0925. The van der Waals surface area contributed by atoms with E-state index in [4.69, 9.17) is 10.5 Å². The summed E-state index contributed by atoms with van der Waals surface area (Å²) >= 11 is 0. The van der Waals surface area contributed by atoms with Crippen molar-refractivity contribution < 1.29 is 13.9 Å². The van der Waals surface area contributed by atoms with Gasteiger partial charge in [-0.3, -0.25) is 4.79 Å². The Labute approximate surface area is 139 Å². The standard InChI is InChI=1S/C18H18FN3O2/c1-24-15-6-5-10(9-13(15)19)17-21-18(23)12-4-2-3-11-14(20)7-8-22(17)16(11)12/h2-6,9,14,17H,7-8,20H2,1H3,(H,21,23)/t14-,17-/m0/s1. The van der Waals surface area contributed by atoms with Crippen LogP contribution in [0.25, 0.3) is 0 Å². The maximum absolute atomic E-state index is 14.1. The number of benzene rings is 2. The molecule has 0 unspecified atom stereocenters. The van der Waals surface area contributed by atoms with Gasteiger partial charge < -0.3 is 20.7 Å². The van der Waals surface area contributed by atoms with Crippen LogP contribution in [0.5, 0.6) is 5.75 Å². The summed E-state index contributed by atoms with van der Waals surface area (Å²) < 4.78 is 19.1. The lowest BCUT2D eigenvalue weighted by Gasteiger charge is -2.44. The van der Waals surface area contributed by atoms with E-state index in [9.17, 15) is 9.18 Å². The Morgan fingerprint density at radius 3 is 2.92 bits per heavy atom. The second kappa shape index (κ2) is 5.49. The smallest absolute Gasteiger partial charge is 0.255 e. The summed E-state index contributed by atoms with van der Waals surface area (Å²) in [6.07, 6.45) is 0.362. The van der Waals surface area contributed by atoms with E-state index < -0.39 is 12.0 Å². The molecule has 0 fully saturated rings. The molecule has 0 saturated carbocycles. The molecule has 3 N–H and O–H groups in total. The van der Waals surface area contributed by atoms with Crippen molar-refractivity contribution in [2.24, 2.45) is 5.73 Å². The minimum atomic E-state index is -0.447. The zero-order chi connectivity index (χ0) is 16.8. The highest BCUT2D eigenvalue weighted by atomic mass is 19.1. The number of carbonyl (C=O) groups is 1. The number of anilines is 1. The molecule has 0 aliphatic carbocycles. The molecule has 2 heterocycles. The van der Waals surface area contributed by atoms with Crippen molar-refractivity contribution in [1.29, 1.82) is 0 Å². The lowest BCUT2D eigenvalue weighted by Crippen LogP contribution is -2.49. The molecular formula is C18H18FN3O2. The Hall–Kier alpha value is -2.60. The molecule has 0 radical (unpaired) electrons. The number of hydrogen-bond acceptors (Lipinski definition) is 4. The number of nitrogens with zero attached hydrogens (tertiary/aromatic N) is 1. The molecule has 0 bridgehead atoms. The van der Waals surface area contributed by atoms with Crippen molar-refractivity contribution in [3.63, 3.8) is 0 Å². The van der Waals surface area contributed by atoms with Crippen LogP contribution in [0.1, 0.15) is 40.1 Å². The molecule has 0 saturated heterocycles. The van der Waals surface area contributed by atoms with Crippen molar-refractivity contribution in [2.45, 2.75) is 18.6 Å². The van der Waals surface area contributed by atoms with Crippen LogP contribution in [0.3, 0.4) is 0 Å². The van der Waals surface area contributed by atoms with Gasteiger partial charge in [0.05, 0.1) is 18.4 Å². The molecule has 124 valence electrons. The highest BCUT2D eigenvalue weighted by Gasteiger charge is 2.37. The van der Waals surface area contributed by atoms with Crippen molar-refractivity contribution in [2.75, 3.05) is 18.6 Å². The first kappa shape index (κ1) is 15.0. The van der Waals surface area contributed by atoms with Crippen LogP contribution in [0.4, 0.5) is 10.1 Å². The van der Waals surface area contributed by atoms with Crippen LogP contribution in [-0.2, 0) is 0 Å². The summed E-state index contributed by atoms with van der Waals surface area (Å²) in [6.45, 7) is 0.698. The molecule has 4 rings (SSSR count). The fraction of sp³-hybridized carbons (Fsp3) is 0.278. The maximum Gasteiger partial charge on any atom is 0.255 e. The summed E-state index contributed by atoms with van der Waals surface area (Å²) in [4.78, 5) is 14.6. The molecule has 2 aliphatic rings. The number of ether oxygens (including phenoxy) is 1. The van der Waals surface area contributed by atoms with Crippen molar-refractivity contribution in [3.8, 4) is 5.75 Å². The molecular weight excluding hydrogens is 309 g/mol. The van der Waals surface area contributed by atoms with E-state index in [2.05, 4.69) is 10.2 Å². The molecule has 2 aromatic carbocycles. The van der Waals surface area contributed by atoms with E-state index in [0.29, 0.717) is 17.7 Å². The van der Waals surface area contributed by atoms with E-state index >= 15 is 0 Å². The van der Waals surface area contributed by atoms with Gasteiger partial charge in [-0.05, 0) is 35.7 Å². The number of rotatable bonds is 2. The quantitative estimate of drug-likeness (QED) is 0.889. The Bertz CT molecular complexity index is 824. The van der Waals surface area contributed by atoms with Crippen LogP contribution < -0.4 is 20.7 Å². The lowest BCUT2D eigenvalue weighted by atomic mass is 9.90. The Kier molecular flexibility index (Phi) is 3.42. The van der Waals surface area contributed by atoms with Crippen LogP contribution >= 0.6 is 0 Å². The van der Waals surface area contributed by atoms with Gasteiger partial charge in [-0.25, -0.2) is 4.39 Å². The summed E-state index contributed by atoms with van der Waals surface area (Å²) in [5, 5.41) is 2.97. The Balaban J connectivity index is 1.82. The summed E-state index contributed by atoms with van der Waals surface area (Å²) in [6, 6.07) is 10.3. The summed E-state index contributed by atoms with van der Waals surface area (Å²) in [7, 11) is 1.43. The monoisotopic (exact) mass is 327 g/mol. The molecule has 0 spiro atoms. The predicted octanol–water partition coefficient (Wildman–Crippen LogP) is 2.49. The molecule has 2 aromatic rings. The number of methoxy groups -OCH3 is 1. The number of hydrogen-bond donors (Lipinski definition) is 2. The third-order valence-electron chi connectivity index (χ3n) is 4.75. The Morgan fingerprint density at radius 1 is 1.33 bits per heavy atom. The van der Waals surface area contributed by atoms with E-state index in [1.165, 1.54) is 13.2 Å². The van der Waals surface area contributed by atoms with Crippen molar-refractivity contribution in [3.05, 3.63) is 58.9 Å². The fourth-order valence-electron chi connectivity index (χ4n) is 3.56. The largest absolute Gasteiger partial charge is 0.494 e. The highest BCUT2D eigenvalue weighted by Crippen LogP contribution is 2.42. The normalized spacial score (nSPS) is 22.0. The van der Waals surface area contributed by atoms with Crippen LogP contribution in [0.2, 0.25) is 0 Å². The van der Waals surface area contributed by atoms with Crippen LogP contribution in [-0.4, -0.2) is 19.6 Å². The third kappa shape index (κ3) is 2.14. The second-order valence-corrected chi connectivity index (χ2v) is 6.10. The first-order chi connectivity index (χ1) is 11.6. The van der Waals surface area contributed by atoms with Crippen molar-refractivity contribution >= 4 is 11.6 Å². The number of nitrogens with one attached hydrogen (secondary N) is 1. The summed E-state index contributed by atoms with van der Waals surface area (Å²) in [5.41, 5.74) is 9.34. The minimum absolute atomic E-state index is 0.0876. The van der Waals surface area contributed by atoms with Crippen molar-refractivity contribution in [1.82, 2.24) is 5.32 Å². The van der Waals surface area contributed by atoms with Gasteiger partial charge in [0.25, 0.3) is 5.91 Å². The van der Waals surface area contributed by atoms with Gasteiger partial charge in [0.15, 0.2) is 11.6 Å². The first-order valence-corrected chi connectivity index (χ1v) is 7.89. The highest BCUT2D eigenvalue weighted by molar-refractivity contribution is 6.03. The minimum Gasteiger partial charge on any atom is -0.494 e. The molecule has 0 aromatic heterocycles. The van der Waals surface area contributed by atoms with Crippen LogP contribution in [0.15, 0.2) is 36.4 Å². The van der Waals surface area contributed by atoms with Gasteiger partial charge in [0, 0.05) is 12.6 Å². The van der Waals surface area contributed by atoms with Crippen LogP contribution in [0, 0.1) is 5.82 Å². The predicted molar refractivity (Wildman–Crippen MR) is 88.5 cm³/mol. The number of para-hydroxylation sites is 1. The molecule has 1 amide bonds. The number of nitrogens with two attached hydrogens (primary N) is 1. The number of halogens is 1. The van der Waals surface area contributed by atoms with E-state index in [1.807, 2.05) is 12.1 Å². The van der Waals surface area contributed by atoms with Gasteiger partial charge in [-0.1, -0.05) is 18.2 Å². The van der Waals surface area contributed by atoms with Gasteiger partial charge >= 0.3 is 0 Å². The average Bonchev–Trinajstić information content (AvgIpc) is 2.59. The van der Waals surface area contributed by atoms with E-state index in [0.717, 1.165) is 17.7 Å². The van der Waals surface area contributed by atoms with E-state index in [-0.39, 0.29) is 17.7 Å². The fourth-order valence-corrected chi connectivity index (χ4v) is 3.56. The molecule has 2 atom stereocenters. The number of amides is 1. The molecule has 24 heavy (non-hydrogen) atoms. The zero-order valence-electron chi connectivity index (χ0n) is 13.3.